The summed E-state index contributed by atoms with van der Waals surface area (Å²) in [6.07, 6.45) is 4.47. The first-order valence-corrected chi connectivity index (χ1v) is 6.51. The minimum atomic E-state index is -0.00424. The van der Waals surface area contributed by atoms with Crippen LogP contribution in [0.2, 0.25) is 0 Å². The zero-order chi connectivity index (χ0) is 9.10. The summed E-state index contributed by atoms with van der Waals surface area (Å²) in [6, 6.07) is 0.782. The van der Waals surface area contributed by atoms with E-state index in [1.165, 1.54) is 37.4 Å². The smallest absolute Gasteiger partial charge is 0.0541 e. The Labute approximate surface area is 84.7 Å². The van der Waals surface area contributed by atoms with Gasteiger partial charge in [0.25, 0.3) is 0 Å². The van der Waals surface area contributed by atoms with Crippen molar-refractivity contribution in [2.75, 3.05) is 24.6 Å². The minimum Gasteiger partial charge on any atom is -0.393 e. The maximum absolute atomic E-state index is 9.40. The maximum Gasteiger partial charge on any atom is 0.0541 e. The average Bonchev–Trinajstić information content (AvgIpc) is 2.20. The van der Waals surface area contributed by atoms with E-state index < -0.39 is 0 Å². The van der Waals surface area contributed by atoms with Gasteiger partial charge in [0, 0.05) is 30.6 Å². The van der Waals surface area contributed by atoms with E-state index in [9.17, 15) is 5.11 Å². The van der Waals surface area contributed by atoms with Gasteiger partial charge in [-0.3, -0.25) is 4.90 Å². The van der Waals surface area contributed by atoms with E-state index in [-0.39, 0.29) is 6.10 Å². The van der Waals surface area contributed by atoms with Gasteiger partial charge in [-0.1, -0.05) is 0 Å². The summed E-state index contributed by atoms with van der Waals surface area (Å²) >= 11 is 2.07. The highest BCUT2D eigenvalue weighted by Crippen LogP contribution is 2.25. The van der Waals surface area contributed by atoms with Gasteiger partial charge in [-0.2, -0.15) is 11.8 Å². The molecule has 2 rings (SSSR count). The van der Waals surface area contributed by atoms with Crippen molar-refractivity contribution in [2.45, 2.75) is 37.8 Å². The van der Waals surface area contributed by atoms with Gasteiger partial charge >= 0.3 is 0 Å². The first kappa shape index (κ1) is 9.81. The van der Waals surface area contributed by atoms with Gasteiger partial charge in [-0.25, -0.2) is 0 Å². The fraction of sp³-hybridized carbons (Fsp3) is 1.00. The van der Waals surface area contributed by atoms with Gasteiger partial charge in [-0.05, 0) is 25.7 Å². The monoisotopic (exact) mass is 201 g/mol. The molecule has 13 heavy (non-hydrogen) atoms. The van der Waals surface area contributed by atoms with Crippen LogP contribution in [0.1, 0.15) is 25.7 Å². The normalized spacial score (nSPS) is 37.6. The van der Waals surface area contributed by atoms with Crippen LogP contribution < -0.4 is 0 Å². The van der Waals surface area contributed by atoms with Crippen LogP contribution in [0.5, 0.6) is 0 Å². The molecule has 1 aliphatic heterocycles. The molecular weight excluding hydrogens is 182 g/mol. The second-order valence-corrected chi connectivity index (χ2v) is 5.34. The van der Waals surface area contributed by atoms with Gasteiger partial charge in [0.1, 0.15) is 0 Å². The lowest BCUT2D eigenvalue weighted by Gasteiger charge is -2.37. The number of aliphatic hydroxyl groups is 1. The Morgan fingerprint density at radius 1 is 1.00 bits per heavy atom. The maximum atomic E-state index is 9.40. The molecule has 1 aliphatic carbocycles. The first-order valence-electron chi connectivity index (χ1n) is 5.36. The molecule has 0 bridgehead atoms. The zero-order valence-corrected chi connectivity index (χ0v) is 8.93. The lowest BCUT2D eigenvalue weighted by atomic mass is 9.92. The molecule has 0 aromatic heterocycles. The van der Waals surface area contributed by atoms with Gasteiger partial charge < -0.3 is 5.11 Å². The summed E-state index contributed by atoms with van der Waals surface area (Å²) in [5.74, 6) is 2.61. The summed E-state index contributed by atoms with van der Waals surface area (Å²) in [4.78, 5) is 2.63. The molecule has 0 aromatic rings. The lowest BCUT2D eigenvalue weighted by Crippen LogP contribution is -2.43. The minimum absolute atomic E-state index is 0.00424. The van der Waals surface area contributed by atoms with E-state index in [0.29, 0.717) is 0 Å². The molecule has 0 radical (unpaired) electrons. The van der Waals surface area contributed by atoms with Crippen molar-refractivity contribution in [1.29, 1.82) is 0 Å². The van der Waals surface area contributed by atoms with Crippen molar-refractivity contribution in [2.24, 2.45) is 0 Å². The van der Waals surface area contributed by atoms with Crippen LogP contribution in [0.3, 0.4) is 0 Å². The van der Waals surface area contributed by atoms with Crippen LogP contribution in [-0.2, 0) is 0 Å². The van der Waals surface area contributed by atoms with E-state index in [4.69, 9.17) is 0 Å². The van der Waals surface area contributed by atoms with Crippen molar-refractivity contribution < 1.29 is 5.11 Å². The largest absolute Gasteiger partial charge is 0.393 e. The van der Waals surface area contributed by atoms with Crippen LogP contribution in [0.15, 0.2) is 0 Å². The Balaban J connectivity index is 1.79. The van der Waals surface area contributed by atoms with Crippen LogP contribution in [0, 0.1) is 0 Å². The summed E-state index contributed by atoms with van der Waals surface area (Å²) < 4.78 is 0. The molecule has 0 aromatic carbocycles. The summed E-state index contributed by atoms with van der Waals surface area (Å²) in [5, 5.41) is 9.40. The van der Waals surface area contributed by atoms with E-state index in [1.54, 1.807) is 0 Å². The quantitative estimate of drug-likeness (QED) is 0.692. The summed E-state index contributed by atoms with van der Waals surface area (Å²) in [5.41, 5.74) is 0. The average molecular weight is 201 g/mol. The van der Waals surface area contributed by atoms with Crippen molar-refractivity contribution in [3.05, 3.63) is 0 Å². The summed E-state index contributed by atoms with van der Waals surface area (Å²) in [6.45, 7) is 2.54. The van der Waals surface area contributed by atoms with Gasteiger partial charge in [0.2, 0.25) is 0 Å². The van der Waals surface area contributed by atoms with Gasteiger partial charge in [0.15, 0.2) is 0 Å². The molecule has 1 saturated carbocycles. The molecule has 2 aliphatic rings. The number of rotatable bonds is 1. The van der Waals surface area contributed by atoms with E-state index in [0.717, 1.165) is 18.9 Å². The second-order valence-electron chi connectivity index (χ2n) is 4.11. The SMILES string of the molecule is OC1CCC(N2CCSCC2)CC1. The molecule has 2 fully saturated rings. The second kappa shape index (κ2) is 4.67. The highest BCUT2D eigenvalue weighted by atomic mass is 32.2. The number of thioether (sulfide) groups is 1. The van der Waals surface area contributed by atoms with Gasteiger partial charge in [0.05, 0.1) is 6.10 Å². The molecule has 0 atom stereocenters. The third kappa shape index (κ3) is 2.61. The molecule has 1 N–H and O–H groups in total. The number of nitrogens with zero attached hydrogens (tertiary/aromatic N) is 1. The zero-order valence-electron chi connectivity index (χ0n) is 8.11. The predicted molar refractivity (Wildman–Crippen MR) is 57.2 cm³/mol. The van der Waals surface area contributed by atoms with E-state index in [2.05, 4.69) is 16.7 Å². The molecular formula is C10H19NOS. The Morgan fingerprint density at radius 2 is 1.62 bits per heavy atom. The highest BCUT2D eigenvalue weighted by molar-refractivity contribution is 7.99. The molecule has 1 saturated heterocycles. The standard InChI is InChI=1S/C10H19NOS/c12-10-3-1-9(2-4-10)11-5-7-13-8-6-11/h9-10,12H,1-8H2. The molecule has 0 amide bonds. The third-order valence-corrected chi connectivity index (χ3v) is 4.17. The van der Waals surface area contributed by atoms with Crippen molar-refractivity contribution >= 4 is 11.8 Å². The molecule has 0 spiro atoms. The molecule has 76 valence electrons. The molecule has 0 unspecified atom stereocenters. The van der Waals surface area contributed by atoms with Crippen LogP contribution in [0.4, 0.5) is 0 Å². The van der Waals surface area contributed by atoms with E-state index >= 15 is 0 Å². The Bertz CT molecular complexity index is 151. The van der Waals surface area contributed by atoms with Crippen LogP contribution in [-0.4, -0.2) is 46.7 Å². The predicted octanol–water partition coefficient (Wildman–Crippen LogP) is 1.34. The van der Waals surface area contributed by atoms with E-state index in [1.807, 2.05) is 0 Å². The highest BCUT2D eigenvalue weighted by Gasteiger charge is 2.25. The fourth-order valence-electron chi connectivity index (χ4n) is 2.37. The lowest BCUT2D eigenvalue weighted by molar-refractivity contribution is 0.0781. The number of aliphatic hydroxyl groups excluding tert-OH is 1. The molecule has 3 heteroatoms. The topological polar surface area (TPSA) is 23.5 Å². The number of hydrogen-bond donors (Lipinski definition) is 1. The Morgan fingerprint density at radius 3 is 2.23 bits per heavy atom. The summed E-state index contributed by atoms with van der Waals surface area (Å²) in [7, 11) is 0. The fourth-order valence-corrected chi connectivity index (χ4v) is 3.30. The first-order chi connectivity index (χ1) is 6.36. The van der Waals surface area contributed by atoms with Crippen molar-refractivity contribution in [1.82, 2.24) is 4.90 Å². The van der Waals surface area contributed by atoms with Crippen molar-refractivity contribution in [3.63, 3.8) is 0 Å². The third-order valence-electron chi connectivity index (χ3n) is 3.23. The van der Waals surface area contributed by atoms with Crippen LogP contribution >= 0.6 is 11.8 Å². The molecule has 2 nitrogen and oxygen atoms in total. The molecule has 1 heterocycles. The van der Waals surface area contributed by atoms with Crippen molar-refractivity contribution in [3.8, 4) is 0 Å². The van der Waals surface area contributed by atoms with Gasteiger partial charge in [-0.15, -0.1) is 0 Å². The van der Waals surface area contributed by atoms with Crippen LogP contribution in [0.25, 0.3) is 0 Å². The number of hydrogen-bond acceptors (Lipinski definition) is 3. The Kier molecular flexibility index (Phi) is 3.52. The Hall–Kier alpha value is 0.270.